The van der Waals surface area contributed by atoms with Gasteiger partial charge in [0.15, 0.2) is 0 Å². The van der Waals surface area contributed by atoms with Crippen LogP contribution in [0.25, 0.3) is 0 Å². The van der Waals surface area contributed by atoms with Crippen molar-refractivity contribution in [1.82, 2.24) is 0 Å². The van der Waals surface area contributed by atoms with Crippen molar-refractivity contribution in [3.05, 3.63) is 35.6 Å². The van der Waals surface area contributed by atoms with E-state index >= 15 is 0 Å². The maximum Gasteiger partial charge on any atom is -0.00597 e. The zero-order valence-electron chi connectivity index (χ0n) is 11.1. The summed E-state index contributed by atoms with van der Waals surface area (Å²) in [7, 11) is 0. The van der Waals surface area contributed by atoms with Crippen molar-refractivity contribution < 1.29 is 0 Å². The second kappa shape index (κ2) is 5.38. The van der Waals surface area contributed by atoms with E-state index in [1.807, 2.05) is 6.08 Å². The minimum atomic E-state index is 0.362. The third-order valence-corrected chi connectivity index (χ3v) is 3.64. The summed E-state index contributed by atoms with van der Waals surface area (Å²) in [4.78, 5) is 0. The van der Waals surface area contributed by atoms with Gasteiger partial charge in [0.05, 0.1) is 0 Å². The molecule has 1 unspecified atom stereocenters. The van der Waals surface area contributed by atoms with Gasteiger partial charge in [-0.25, -0.2) is 0 Å². The van der Waals surface area contributed by atoms with Crippen LogP contribution in [0.15, 0.2) is 35.6 Å². The topological polar surface area (TPSA) is 26.0 Å². The smallest absolute Gasteiger partial charge is 0.00597 e. The zero-order chi connectivity index (χ0) is 12.2. The van der Waals surface area contributed by atoms with Gasteiger partial charge in [0.2, 0.25) is 0 Å². The van der Waals surface area contributed by atoms with Crippen LogP contribution in [0.1, 0.15) is 47.0 Å². The summed E-state index contributed by atoms with van der Waals surface area (Å²) >= 11 is 0. The second-order valence-corrected chi connectivity index (χ2v) is 5.57. The molecule has 1 heteroatoms. The van der Waals surface area contributed by atoms with E-state index in [2.05, 4.69) is 39.8 Å². The minimum Gasteiger partial charge on any atom is -0.405 e. The fourth-order valence-corrected chi connectivity index (χ4v) is 2.64. The Bertz CT molecular complexity index is 318. The molecule has 0 aromatic heterocycles. The second-order valence-electron chi connectivity index (χ2n) is 5.57. The van der Waals surface area contributed by atoms with E-state index in [4.69, 9.17) is 5.73 Å². The van der Waals surface area contributed by atoms with Gasteiger partial charge in [0.1, 0.15) is 0 Å². The predicted octanol–water partition coefficient (Wildman–Crippen LogP) is 4.18. The normalized spacial score (nSPS) is 28.9. The quantitative estimate of drug-likeness (QED) is 0.693. The number of hydrogen-bond donors (Lipinski definition) is 1. The van der Waals surface area contributed by atoms with Crippen LogP contribution in [-0.4, -0.2) is 0 Å². The van der Waals surface area contributed by atoms with Crippen LogP contribution in [0.3, 0.4) is 0 Å². The summed E-state index contributed by atoms with van der Waals surface area (Å²) in [5, 5.41) is 0. The monoisotopic (exact) mass is 219 g/mol. The predicted molar refractivity (Wildman–Crippen MR) is 72.0 cm³/mol. The van der Waals surface area contributed by atoms with Gasteiger partial charge in [-0.2, -0.15) is 0 Å². The lowest BCUT2D eigenvalue weighted by Crippen LogP contribution is -2.24. The maximum absolute atomic E-state index is 5.38. The molecular formula is C15H25N. The molecule has 1 nitrogen and oxygen atoms in total. The number of rotatable bonds is 2. The molecule has 16 heavy (non-hydrogen) atoms. The van der Waals surface area contributed by atoms with Gasteiger partial charge in [-0.05, 0) is 48.9 Å². The molecule has 90 valence electrons. The molecule has 0 amide bonds. The van der Waals surface area contributed by atoms with Crippen LogP contribution in [-0.2, 0) is 0 Å². The molecule has 1 atom stereocenters. The van der Waals surface area contributed by atoms with Crippen molar-refractivity contribution in [2.45, 2.75) is 47.0 Å². The molecule has 1 saturated carbocycles. The average molecular weight is 219 g/mol. The molecule has 0 heterocycles. The first-order chi connectivity index (χ1) is 7.47. The van der Waals surface area contributed by atoms with Crippen molar-refractivity contribution in [1.29, 1.82) is 0 Å². The van der Waals surface area contributed by atoms with E-state index in [1.165, 1.54) is 24.8 Å². The highest BCUT2D eigenvalue weighted by atomic mass is 14.5. The van der Waals surface area contributed by atoms with Crippen LogP contribution < -0.4 is 5.73 Å². The zero-order valence-corrected chi connectivity index (χ0v) is 11.1. The Kier molecular flexibility index (Phi) is 4.40. The lowest BCUT2D eigenvalue weighted by molar-refractivity contribution is 0.290. The largest absolute Gasteiger partial charge is 0.405 e. The summed E-state index contributed by atoms with van der Waals surface area (Å²) < 4.78 is 0. The van der Waals surface area contributed by atoms with E-state index in [-0.39, 0.29) is 0 Å². The Morgan fingerprint density at radius 1 is 1.44 bits per heavy atom. The van der Waals surface area contributed by atoms with Gasteiger partial charge in [-0.15, -0.1) is 0 Å². The summed E-state index contributed by atoms with van der Waals surface area (Å²) in [5.41, 5.74) is 8.54. The highest BCUT2D eigenvalue weighted by Crippen LogP contribution is 2.43. The Labute approximate surface area is 100 Å². The van der Waals surface area contributed by atoms with E-state index < -0.39 is 0 Å². The molecule has 1 aliphatic rings. The van der Waals surface area contributed by atoms with E-state index in [1.54, 1.807) is 11.8 Å². The third-order valence-electron chi connectivity index (χ3n) is 3.64. The molecular weight excluding hydrogens is 194 g/mol. The summed E-state index contributed by atoms with van der Waals surface area (Å²) in [6.45, 7) is 9.14. The molecule has 1 fully saturated rings. The Balaban J connectivity index is 2.90. The van der Waals surface area contributed by atoms with Crippen molar-refractivity contribution in [3.8, 4) is 0 Å². The minimum absolute atomic E-state index is 0.362. The molecule has 0 saturated heterocycles. The van der Waals surface area contributed by atoms with E-state index in [9.17, 15) is 0 Å². The van der Waals surface area contributed by atoms with Gasteiger partial charge in [0.25, 0.3) is 0 Å². The fourth-order valence-electron chi connectivity index (χ4n) is 2.64. The molecule has 0 aromatic carbocycles. The lowest BCUT2D eigenvalue weighted by Gasteiger charge is -2.37. The van der Waals surface area contributed by atoms with Gasteiger partial charge in [0, 0.05) is 0 Å². The fraction of sp³-hybridized carbons (Fsp3) is 0.600. The van der Waals surface area contributed by atoms with Gasteiger partial charge < -0.3 is 5.73 Å². The van der Waals surface area contributed by atoms with Gasteiger partial charge >= 0.3 is 0 Å². The maximum atomic E-state index is 5.38. The highest BCUT2D eigenvalue weighted by Gasteiger charge is 2.30. The molecule has 1 rings (SSSR count). The van der Waals surface area contributed by atoms with Crippen LogP contribution in [0.4, 0.5) is 0 Å². The highest BCUT2D eigenvalue weighted by molar-refractivity contribution is 5.28. The van der Waals surface area contributed by atoms with Crippen molar-refractivity contribution >= 4 is 0 Å². The first-order valence-electron chi connectivity index (χ1n) is 6.24. The van der Waals surface area contributed by atoms with Crippen molar-refractivity contribution in [2.24, 2.45) is 17.1 Å². The van der Waals surface area contributed by atoms with Crippen LogP contribution in [0.5, 0.6) is 0 Å². The molecule has 0 bridgehead atoms. The summed E-state index contributed by atoms with van der Waals surface area (Å²) in [6.07, 6.45) is 12.0. The number of allylic oxidation sites excluding steroid dienone is 5. The Hall–Kier alpha value is -0.980. The molecule has 0 aromatic rings. The average Bonchev–Trinajstić information content (AvgIpc) is 2.16. The SMILES string of the molecule is CC(/C=C/N)=C\C=C1\C(C)CCCC1(C)C. The standard InChI is InChI=1S/C15H25N/c1-12(9-11-16)7-8-14-13(2)6-5-10-15(14,3)4/h7-9,11,13H,5-6,10,16H2,1-4H3/b11-9+,12-7+,14-8-. The Morgan fingerprint density at radius 3 is 2.69 bits per heavy atom. The van der Waals surface area contributed by atoms with Gasteiger partial charge in [-0.1, -0.05) is 44.9 Å². The lowest BCUT2D eigenvalue weighted by atomic mass is 9.68. The Morgan fingerprint density at radius 2 is 2.12 bits per heavy atom. The third kappa shape index (κ3) is 3.26. The van der Waals surface area contributed by atoms with Crippen LogP contribution >= 0.6 is 0 Å². The number of nitrogens with two attached hydrogens (primary N) is 1. The van der Waals surface area contributed by atoms with Gasteiger partial charge in [-0.3, -0.25) is 0 Å². The summed E-state index contributed by atoms with van der Waals surface area (Å²) in [6, 6.07) is 0. The molecule has 0 radical (unpaired) electrons. The van der Waals surface area contributed by atoms with Crippen LogP contribution in [0, 0.1) is 11.3 Å². The van der Waals surface area contributed by atoms with Crippen LogP contribution in [0.2, 0.25) is 0 Å². The number of hydrogen-bond acceptors (Lipinski definition) is 1. The molecule has 0 aliphatic heterocycles. The summed E-state index contributed by atoms with van der Waals surface area (Å²) in [5.74, 6) is 0.717. The van der Waals surface area contributed by atoms with E-state index in [0.717, 1.165) is 5.92 Å². The molecule has 2 N–H and O–H groups in total. The van der Waals surface area contributed by atoms with E-state index in [0.29, 0.717) is 5.41 Å². The first kappa shape index (κ1) is 13.1. The van der Waals surface area contributed by atoms with Crippen molar-refractivity contribution in [2.75, 3.05) is 0 Å². The van der Waals surface area contributed by atoms with Crippen molar-refractivity contribution in [3.63, 3.8) is 0 Å². The first-order valence-corrected chi connectivity index (χ1v) is 6.24. The molecule has 1 aliphatic carbocycles. The molecule has 0 spiro atoms.